The van der Waals surface area contributed by atoms with Crippen molar-refractivity contribution >= 4 is 5.97 Å². The maximum absolute atomic E-state index is 12.5. The fraction of sp³-hybridized carbons (Fsp3) is 0.559. The van der Waals surface area contributed by atoms with Crippen LogP contribution >= 0.6 is 0 Å². The summed E-state index contributed by atoms with van der Waals surface area (Å²) in [5, 5.41) is 0. The molecule has 0 fully saturated rings. The summed E-state index contributed by atoms with van der Waals surface area (Å²) < 4.78 is 17.2. The molecule has 0 heterocycles. The highest BCUT2D eigenvalue weighted by Crippen LogP contribution is 2.21. The van der Waals surface area contributed by atoms with E-state index in [4.69, 9.17) is 14.2 Å². The topological polar surface area (TPSA) is 44.8 Å². The Morgan fingerprint density at radius 2 is 1.24 bits per heavy atom. The molecule has 0 aliphatic heterocycles. The number of unbranched alkanes of at least 4 members (excludes halogenated alkanes) is 7. The smallest absolute Gasteiger partial charge is 0.343 e. The zero-order chi connectivity index (χ0) is 27.4. The number of rotatable bonds is 21. The Labute approximate surface area is 231 Å². The predicted octanol–water partition coefficient (Wildman–Crippen LogP) is 9.82. The average Bonchev–Trinajstić information content (AvgIpc) is 2.91. The summed E-state index contributed by atoms with van der Waals surface area (Å²) >= 11 is 0. The molecule has 0 spiro atoms. The number of ether oxygens (including phenoxy) is 3. The number of carbonyl (C=O) groups excluding carboxylic acids is 1. The lowest BCUT2D eigenvalue weighted by atomic mass is 9.98. The van der Waals surface area contributed by atoms with Crippen LogP contribution in [0.4, 0.5) is 0 Å². The van der Waals surface area contributed by atoms with Crippen LogP contribution in [0.1, 0.15) is 108 Å². The van der Waals surface area contributed by atoms with Crippen molar-refractivity contribution in [3.63, 3.8) is 0 Å². The highest BCUT2D eigenvalue weighted by molar-refractivity contribution is 5.91. The van der Waals surface area contributed by atoms with Crippen molar-refractivity contribution in [2.45, 2.75) is 97.8 Å². The van der Waals surface area contributed by atoms with Crippen LogP contribution in [0.25, 0.3) is 0 Å². The second kappa shape index (κ2) is 19.3. The van der Waals surface area contributed by atoms with Gasteiger partial charge in [0.1, 0.15) is 17.2 Å². The van der Waals surface area contributed by atoms with Crippen molar-refractivity contribution in [2.24, 2.45) is 11.8 Å². The van der Waals surface area contributed by atoms with E-state index in [2.05, 4.69) is 27.4 Å². The van der Waals surface area contributed by atoms with Gasteiger partial charge in [0.15, 0.2) is 0 Å². The molecule has 0 amide bonds. The molecule has 0 unspecified atom stereocenters. The maximum Gasteiger partial charge on any atom is 0.343 e. The molecule has 0 N–H and O–H groups in total. The van der Waals surface area contributed by atoms with Gasteiger partial charge in [0.25, 0.3) is 0 Å². The van der Waals surface area contributed by atoms with Gasteiger partial charge in [-0.15, -0.1) is 6.58 Å². The van der Waals surface area contributed by atoms with Crippen molar-refractivity contribution in [1.82, 2.24) is 0 Å². The molecule has 210 valence electrons. The zero-order valence-corrected chi connectivity index (χ0v) is 24.1. The van der Waals surface area contributed by atoms with Gasteiger partial charge in [-0.1, -0.05) is 78.2 Å². The molecule has 2 aromatic carbocycles. The molecule has 4 nitrogen and oxygen atoms in total. The van der Waals surface area contributed by atoms with Crippen LogP contribution in [0.15, 0.2) is 61.2 Å². The van der Waals surface area contributed by atoms with Gasteiger partial charge < -0.3 is 14.2 Å². The molecule has 2 aromatic rings. The Morgan fingerprint density at radius 3 is 1.87 bits per heavy atom. The van der Waals surface area contributed by atoms with E-state index in [9.17, 15) is 4.79 Å². The van der Waals surface area contributed by atoms with E-state index in [0.717, 1.165) is 36.7 Å². The second-order valence-electron chi connectivity index (χ2n) is 10.9. The Balaban J connectivity index is 1.61. The van der Waals surface area contributed by atoms with Crippen LogP contribution < -0.4 is 14.2 Å². The molecule has 1 atom stereocenters. The third-order valence-corrected chi connectivity index (χ3v) is 6.80. The first kappa shape index (κ1) is 31.5. The molecule has 4 heteroatoms. The highest BCUT2D eigenvalue weighted by Gasteiger charge is 2.10. The van der Waals surface area contributed by atoms with Crippen LogP contribution in [-0.2, 0) is 0 Å². The van der Waals surface area contributed by atoms with Crippen molar-refractivity contribution in [3.8, 4) is 17.2 Å². The van der Waals surface area contributed by atoms with Gasteiger partial charge in [-0.25, -0.2) is 4.79 Å². The van der Waals surface area contributed by atoms with Crippen LogP contribution in [0.2, 0.25) is 0 Å². The third kappa shape index (κ3) is 14.3. The minimum atomic E-state index is -0.381. The molecule has 0 saturated heterocycles. The van der Waals surface area contributed by atoms with E-state index in [1.165, 1.54) is 57.8 Å². The number of hydrogen-bond acceptors (Lipinski definition) is 4. The van der Waals surface area contributed by atoms with E-state index in [0.29, 0.717) is 30.4 Å². The lowest BCUT2D eigenvalue weighted by molar-refractivity contribution is 0.0734. The van der Waals surface area contributed by atoms with E-state index in [1.807, 2.05) is 30.3 Å². The van der Waals surface area contributed by atoms with Crippen molar-refractivity contribution < 1.29 is 19.0 Å². The molecule has 0 radical (unpaired) electrons. The Bertz CT molecular complexity index is 886. The van der Waals surface area contributed by atoms with Crippen molar-refractivity contribution in [2.75, 3.05) is 13.2 Å². The second-order valence-corrected chi connectivity index (χ2v) is 10.9. The number of benzene rings is 2. The third-order valence-electron chi connectivity index (χ3n) is 6.80. The standard InChI is InChI=1S/C34H50O4/c1-5-6-7-8-9-10-11-12-13-26-36-31-19-17-30(18-20-31)34(35)38-33-23-21-32(22-24-33)37-27-25-29(4)16-14-15-28(2)3/h5,17-24,28-29H,1,6-16,25-27H2,2-4H3/t29-/m0/s1. The SMILES string of the molecule is C=CCCCCCCCCCOc1ccc(C(=O)Oc2ccc(OCC[C@@H](C)CCCC(C)C)cc2)cc1. The van der Waals surface area contributed by atoms with Gasteiger partial charge >= 0.3 is 5.97 Å². The fourth-order valence-electron chi connectivity index (χ4n) is 4.32. The first-order valence-corrected chi connectivity index (χ1v) is 14.8. The zero-order valence-electron chi connectivity index (χ0n) is 24.1. The van der Waals surface area contributed by atoms with Crippen LogP contribution in [0, 0.1) is 11.8 Å². The summed E-state index contributed by atoms with van der Waals surface area (Å²) in [5.74, 6) is 3.14. The van der Waals surface area contributed by atoms with Crippen LogP contribution in [0.5, 0.6) is 17.2 Å². The molecule has 0 bridgehead atoms. The van der Waals surface area contributed by atoms with E-state index in [1.54, 1.807) is 24.3 Å². The average molecular weight is 523 g/mol. The van der Waals surface area contributed by atoms with Gasteiger partial charge in [0.05, 0.1) is 18.8 Å². The number of carbonyl (C=O) groups is 1. The highest BCUT2D eigenvalue weighted by atomic mass is 16.5. The lowest BCUT2D eigenvalue weighted by Crippen LogP contribution is -2.08. The molecule has 2 rings (SSSR count). The molecular formula is C34H50O4. The summed E-state index contributed by atoms with van der Waals surface area (Å²) in [5.41, 5.74) is 0.501. The predicted molar refractivity (Wildman–Crippen MR) is 158 cm³/mol. The lowest BCUT2D eigenvalue weighted by Gasteiger charge is -2.13. The molecule has 0 aromatic heterocycles. The van der Waals surface area contributed by atoms with Crippen LogP contribution in [0.3, 0.4) is 0 Å². The van der Waals surface area contributed by atoms with Crippen molar-refractivity contribution in [1.29, 1.82) is 0 Å². The summed E-state index contributed by atoms with van der Waals surface area (Å²) in [6.07, 6.45) is 16.7. The number of esters is 1. The van der Waals surface area contributed by atoms with Gasteiger partial charge in [0, 0.05) is 0 Å². The van der Waals surface area contributed by atoms with Crippen LogP contribution in [-0.4, -0.2) is 19.2 Å². The van der Waals surface area contributed by atoms with Gasteiger partial charge in [-0.3, -0.25) is 0 Å². The monoisotopic (exact) mass is 522 g/mol. The molecule has 0 aliphatic rings. The fourth-order valence-corrected chi connectivity index (χ4v) is 4.32. The first-order chi connectivity index (χ1) is 18.5. The first-order valence-electron chi connectivity index (χ1n) is 14.8. The summed E-state index contributed by atoms with van der Waals surface area (Å²) in [6, 6.07) is 14.4. The quantitative estimate of drug-likeness (QED) is 0.0708. The summed E-state index contributed by atoms with van der Waals surface area (Å²) in [7, 11) is 0. The Hall–Kier alpha value is -2.75. The van der Waals surface area contributed by atoms with Gasteiger partial charge in [-0.2, -0.15) is 0 Å². The summed E-state index contributed by atoms with van der Waals surface area (Å²) in [4.78, 5) is 12.5. The number of hydrogen-bond donors (Lipinski definition) is 0. The number of allylic oxidation sites excluding steroid dienone is 1. The maximum atomic E-state index is 12.5. The van der Waals surface area contributed by atoms with E-state index in [-0.39, 0.29) is 5.97 Å². The Kier molecular flexibility index (Phi) is 16.0. The van der Waals surface area contributed by atoms with E-state index >= 15 is 0 Å². The normalized spacial score (nSPS) is 11.8. The minimum Gasteiger partial charge on any atom is -0.494 e. The molecule has 0 aliphatic carbocycles. The Morgan fingerprint density at radius 1 is 0.684 bits per heavy atom. The van der Waals surface area contributed by atoms with Crippen molar-refractivity contribution in [3.05, 3.63) is 66.7 Å². The summed E-state index contributed by atoms with van der Waals surface area (Å²) in [6.45, 7) is 12.0. The molecule has 38 heavy (non-hydrogen) atoms. The largest absolute Gasteiger partial charge is 0.494 e. The van der Waals surface area contributed by atoms with Gasteiger partial charge in [-0.05, 0) is 86.1 Å². The van der Waals surface area contributed by atoms with E-state index < -0.39 is 0 Å². The molecule has 0 saturated carbocycles. The molecular weight excluding hydrogens is 472 g/mol. The van der Waals surface area contributed by atoms with Gasteiger partial charge in [0.2, 0.25) is 0 Å². The minimum absolute atomic E-state index is 0.381.